The minimum atomic E-state index is -5.39. The summed E-state index contributed by atoms with van der Waals surface area (Å²) in [7, 11) is -5.39. The molecule has 0 radical (unpaired) electrons. The fourth-order valence-electron chi connectivity index (χ4n) is 0. The predicted molar refractivity (Wildman–Crippen MR) is 8.98 cm³/mol. The van der Waals surface area contributed by atoms with Crippen molar-refractivity contribution in [1.82, 2.24) is 0 Å². The second kappa shape index (κ2) is 8.39. The normalized spacial score (nSPS) is 8.40. The molecule has 0 unspecified atom stereocenters. The molecule has 0 aliphatic rings. The second-order valence-electron chi connectivity index (χ2n) is 0.671. The van der Waals surface area contributed by atoms with E-state index in [2.05, 4.69) is 0 Å². The van der Waals surface area contributed by atoms with Gasteiger partial charge in [-0.3, -0.25) is 0 Å². The molecule has 0 N–H and O–H groups in total. The van der Waals surface area contributed by atoms with Crippen LogP contribution in [0.5, 0.6) is 0 Å². The van der Waals surface area contributed by atoms with Gasteiger partial charge in [0, 0.05) is 0 Å². The van der Waals surface area contributed by atoms with E-state index < -0.39 is 26.6 Å². The summed E-state index contributed by atoms with van der Waals surface area (Å²) in [6.07, 6.45) is 0. The van der Waals surface area contributed by atoms with Gasteiger partial charge in [0.2, 0.25) is 0 Å². The summed E-state index contributed by atoms with van der Waals surface area (Å²) in [4.78, 5) is 25.6. The molecule has 0 amide bonds. The molecule has 0 aliphatic heterocycles. The van der Waals surface area contributed by atoms with E-state index in [9.17, 15) is 0 Å². The molecule has 0 aromatic carbocycles. The van der Waals surface area contributed by atoms with Gasteiger partial charge in [0.1, 0.15) is 0 Å². The van der Waals surface area contributed by atoms with Gasteiger partial charge >= 0.3 is 55.1 Å². The minimum Gasteiger partial charge on any atom is 4.00 e. The third-order valence-corrected chi connectivity index (χ3v) is 0. The zero-order chi connectivity index (χ0) is 8.08. The SMILES string of the molecule is O=P([O-])([O-])[O-].[O]=[Nb](=[O])[O-].[Zr+4]. The van der Waals surface area contributed by atoms with Gasteiger partial charge in [-0.25, -0.2) is 0 Å². The van der Waals surface area contributed by atoms with Crippen LogP contribution < -0.4 is 18.3 Å². The van der Waals surface area contributed by atoms with Gasteiger partial charge in [0.15, 0.2) is 0 Å². The van der Waals surface area contributed by atoms with E-state index in [-0.39, 0.29) is 26.2 Å². The molecule has 0 aromatic rings. The molecular weight excluding hydrogens is 327 g/mol. The van der Waals surface area contributed by atoms with Gasteiger partial charge in [0.25, 0.3) is 0 Å². The summed E-state index contributed by atoms with van der Waals surface area (Å²) < 4.78 is 34.3. The molecule has 0 bridgehead atoms. The van der Waals surface area contributed by atoms with Crippen molar-refractivity contribution in [1.29, 1.82) is 0 Å². The van der Waals surface area contributed by atoms with E-state index in [1.54, 1.807) is 0 Å². The summed E-state index contributed by atoms with van der Waals surface area (Å²) in [5.41, 5.74) is 0. The molecule has 0 fully saturated rings. The third-order valence-electron chi connectivity index (χ3n) is 0. The first-order valence-corrected chi connectivity index (χ1v) is 5.43. The van der Waals surface area contributed by atoms with Crippen LogP contribution in [0.3, 0.4) is 0 Å². The molecule has 0 heterocycles. The van der Waals surface area contributed by atoms with E-state index in [1.807, 2.05) is 0 Å². The van der Waals surface area contributed by atoms with Gasteiger partial charge < -0.3 is 19.2 Å². The molecule has 0 saturated heterocycles. The van der Waals surface area contributed by atoms with Gasteiger partial charge in [-0.2, -0.15) is 7.82 Å². The maximum Gasteiger partial charge on any atom is 4.00 e. The maximum atomic E-state index is 8.60. The molecule has 0 saturated carbocycles. The van der Waals surface area contributed by atoms with E-state index in [1.165, 1.54) is 0 Å². The smallest absolute Gasteiger partial charge is 4.00 e. The molecular formula is NbO7PZr. The first-order chi connectivity index (χ1) is 3.73. The van der Waals surface area contributed by atoms with E-state index in [0.717, 1.165) is 0 Å². The number of phosphoric acid groups is 1. The zero-order valence-electron chi connectivity index (χ0n) is 4.25. The number of rotatable bonds is 0. The second-order valence-corrected chi connectivity index (χ2v) is 2.66. The van der Waals surface area contributed by atoms with Crippen LogP contribution >= 0.6 is 7.82 Å². The van der Waals surface area contributed by atoms with Crippen LogP contribution in [-0.4, -0.2) is 0 Å². The summed E-state index contributed by atoms with van der Waals surface area (Å²) in [6.45, 7) is 0. The van der Waals surface area contributed by atoms with Gasteiger partial charge in [-0.05, 0) is 0 Å². The third kappa shape index (κ3) is 382. The monoisotopic (exact) mass is 326 g/mol. The topological polar surface area (TPSA) is 143 Å². The Morgan fingerprint density at radius 2 is 1.10 bits per heavy atom. The predicted octanol–water partition coefficient (Wildman–Crippen LogP) is -4.26. The van der Waals surface area contributed by atoms with E-state index >= 15 is 0 Å². The van der Waals surface area contributed by atoms with Crippen LogP contribution in [0.1, 0.15) is 0 Å². The standard InChI is InChI=1S/Nb.H3O4P.3O.Zr/c;1-5(2,3)4;;;;/h;(H3,1,2,3,4);;;;/q;;;;-1;+4/p-3. The summed E-state index contributed by atoms with van der Waals surface area (Å²) in [5.74, 6) is 0. The molecule has 10 heteroatoms. The van der Waals surface area contributed by atoms with Gasteiger partial charge in [-0.1, -0.05) is 0 Å². The molecule has 56 valence electrons. The molecule has 0 atom stereocenters. The van der Waals surface area contributed by atoms with Crippen LogP contribution in [0.2, 0.25) is 0 Å². The fraction of sp³-hybridized carbons (Fsp3) is 0. The van der Waals surface area contributed by atoms with Gasteiger partial charge in [0.05, 0.1) is 0 Å². The van der Waals surface area contributed by atoms with Crippen molar-refractivity contribution in [3.8, 4) is 0 Å². The largest absolute Gasteiger partial charge is 4.00 e. The molecule has 0 aromatic heterocycles. The summed E-state index contributed by atoms with van der Waals surface area (Å²) in [6, 6.07) is 0. The maximum absolute atomic E-state index is 8.60. The summed E-state index contributed by atoms with van der Waals surface area (Å²) >= 11 is -4.20. The van der Waals surface area contributed by atoms with Crippen molar-refractivity contribution in [3.05, 3.63) is 0 Å². The van der Waals surface area contributed by atoms with Crippen LogP contribution in [0.4, 0.5) is 0 Å². The van der Waals surface area contributed by atoms with Crippen molar-refractivity contribution in [2.45, 2.75) is 0 Å². The Balaban J connectivity index is -0.0000000910. The van der Waals surface area contributed by atoms with Crippen molar-refractivity contribution in [2.75, 3.05) is 0 Å². The van der Waals surface area contributed by atoms with Gasteiger partial charge in [-0.15, -0.1) is 0 Å². The van der Waals surface area contributed by atoms with Crippen LogP contribution in [0.15, 0.2) is 0 Å². The van der Waals surface area contributed by atoms with Crippen LogP contribution in [0.25, 0.3) is 0 Å². The Morgan fingerprint density at radius 1 is 1.10 bits per heavy atom. The number of hydrogen-bond donors (Lipinski definition) is 0. The van der Waals surface area contributed by atoms with E-state index in [0.29, 0.717) is 0 Å². The molecule has 0 spiro atoms. The molecule has 0 aliphatic carbocycles. The zero-order valence-corrected chi connectivity index (χ0v) is 9.80. The van der Waals surface area contributed by atoms with Crippen LogP contribution in [-0.2, 0) is 56.1 Å². The van der Waals surface area contributed by atoms with E-state index in [4.69, 9.17) is 29.4 Å². The Labute approximate surface area is 81.7 Å². The number of hydrogen-bond acceptors (Lipinski definition) is 7. The minimum absolute atomic E-state index is 0. The molecule has 7 nitrogen and oxygen atoms in total. The Hall–Kier alpha value is 1.29. The molecule has 10 heavy (non-hydrogen) atoms. The first kappa shape index (κ1) is 17.4. The van der Waals surface area contributed by atoms with Crippen molar-refractivity contribution in [3.63, 3.8) is 0 Å². The first-order valence-electron chi connectivity index (χ1n) is 1.28. The average molecular weight is 327 g/mol. The van der Waals surface area contributed by atoms with Crippen molar-refractivity contribution in [2.24, 2.45) is 0 Å². The van der Waals surface area contributed by atoms with Crippen molar-refractivity contribution < 1.29 is 74.3 Å². The fourth-order valence-corrected chi connectivity index (χ4v) is 0. The Morgan fingerprint density at radius 3 is 1.10 bits per heavy atom. The van der Waals surface area contributed by atoms with Crippen LogP contribution in [0, 0.1) is 0 Å². The Bertz CT molecular complexity index is 148. The molecule has 0 rings (SSSR count). The van der Waals surface area contributed by atoms with Crippen molar-refractivity contribution >= 4 is 7.82 Å². The average Bonchev–Trinajstić information content (AvgIpc) is 1.19. The summed E-state index contributed by atoms with van der Waals surface area (Å²) in [5, 5.41) is 0. The quantitative estimate of drug-likeness (QED) is 0.324. The Kier molecular flexibility index (Phi) is 14.6.